The second kappa shape index (κ2) is 6.98. The third-order valence-electron chi connectivity index (χ3n) is 2.01. The molecule has 0 aromatic heterocycles. The molecular formula is C12H16O4. The van der Waals surface area contributed by atoms with Crippen LogP contribution in [0.1, 0.15) is 15.9 Å². The number of aldehydes is 1. The first-order valence-electron chi connectivity index (χ1n) is 5.15. The molecule has 0 bridgehead atoms. The van der Waals surface area contributed by atoms with Gasteiger partial charge in [0.1, 0.15) is 12.4 Å². The molecular weight excluding hydrogens is 208 g/mol. The van der Waals surface area contributed by atoms with Crippen molar-refractivity contribution in [3.63, 3.8) is 0 Å². The Bertz CT molecular complexity index is 336. The number of carbonyl (C=O) groups excluding carboxylic acids is 1. The standard InChI is InChI=1S/C12H16O4/c1-10-2-3-12(11(8-10)9-14)16-7-6-15-5-4-13/h2-3,8-9,13H,4-7H2,1H3. The van der Waals surface area contributed by atoms with Crippen LogP contribution >= 0.6 is 0 Å². The zero-order valence-corrected chi connectivity index (χ0v) is 9.31. The van der Waals surface area contributed by atoms with E-state index in [-0.39, 0.29) is 6.61 Å². The van der Waals surface area contributed by atoms with Gasteiger partial charge in [0.15, 0.2) is 6.29 Å². The predicted octanol–water partition coefficient (Wildman–Crippen LogP) is 1.20. The third kappa shape index (κ3) is 4.00. The van der Waals surface area contributed by atoms with Gasteiger partial charge in [0.05, 0.1) is 25.4 Å². The summed E-state index contributed by atoms with van der Waals surface area (Å²) in [5.74, 6) is 0.563. The van der Waals surface area contributed by atoms with Crippen LogP contribution in [0.4, 0.5) is 0 Å². The van der Waals surface area contributed by atoms with E-state index in [2.05, 4.69) is 0 Å². The molecule has 0 spiro atoms. The van der Waals surface area contributed by atoms with Gasteiger partial charge in [-0.05, 0) is 19.1 Å². The molecule has 0 unspecified atom stereocenters. The molecule has 16 heavy (non-hydrogen) atoms. The summed E-state index contributed by atoms with van der Waals surface area (Å²) < 4.78 is 10.4. The molecule has 1 aromatic carbocycles. The first-order chi connectivity index (χ1) is 7.77. The van der Waals surface area contributed by atoms with E-state index in [0.717, 1.165) is 11.8 Å². The monoisotopic (exact) mass is 224 g/mol. The second-order valence-corrected chi connectivity index (χ2v) is 3.34. The Kier molecular flexibility index (Phi) is 5.53. The van der Waals surface area contributed by atoms with Crippen LogP contribution in [-0.2, 0) is 4.74 Å². The highest BCUT2D eigenvalue weighted by Crippen LogP contribution is 2.17. The van der Waals surface area contributed by atoms with Gasteiger partial charge in [0, 0.05) is 0 Å². The molecule has 0 saturated heterocycles. The summed E-state index contributed by atoms with van der Waals surface area (Å²) in [5.41, 5.74) is 1.56. The summed E-state index contributed by atoms with van der Waals surface area (Å²) >= 11 is 0. The SMILES string of the molecule is Cc1ccc(OCCOCCO)c(C=O)c1. The molecule has 4 nitrogen and oxygen atoms in total. The molecule has 0 saturated carbocycles. The summed E-state index contributed by atoms with van der Waals surface area (Å²) in [6.45, 7) is 2.99. The smallest absolute Gasteiger partial charge is 0.153 e. The van der Waals surface area contributed by atoms with Crippen molar-refractivity contribution in [1.82, 2.24) is 0 Å². The van der Waals surface area contributed by atoms with E-state index in [1.165, 1.54) is 0 Å². The minimum absolute atomic E-state index is 0.00409. The molecule has 0 fully saturated rings. The number of aryl methyl sites for hydroxylation is 1. The summed E-state index contributed by atoms with van der Waals surface area (Å²) in [6, 6.07) is 5.43. The molecule has 1 aromatic rings. The fourth-order valence-corrected chi connectivity index (χ4v) is 1.27. The minimum Gasteiger partial charge on any atom is -0.490 e. The van der Waals surface area contributed by atoms with E-state index in [1.54, 1.807) is 12.1 Å². The predicted molar refractivity (Wildman–Crippen MR) is 60.0 cm³/mol. The molecule has 1 rings (SSSR count). The van der Waals surface area contributed by atoms with Crippen molar-refractivity contribution in [3.05, 3.63) is 29.3 Å². The van der Waals surface area contributed by atoms with E-state index in [9.17, 15) is 4.79 Å². The Balaban J connectivity index is 2.44. The maximum atomic E-state index is 10.8. The number of rotatable bonds is 7. The fraction of sp³-hybridized carbons (Fsp3) is 0.417. The van der Waals surface area contributed by atoms with Crippen LogP contribution in [0.5, 0.6) is 5.75 Å². The van der Waals surface area contributed by atoms with Crippen LogP contribution in [0, 0.1) is 6.92 Å². The fourth-order valence-electron chi connectivity index (χ4n) is 1.27. The molecule has 88 valence electrons. The van der Waals surface area contributed by atoms with Crippen molar-refractivity contribution >= 4 is 6.29 Å². The third-order valence-corrected chi connectivity index (χ3v) is 2.01. The van der Waals surface area contributed by atoms with E-state index in [1.807, 2.05) is 13.0 Å². The van der Waals surface area contributed by atoms with Gasteiger partial charge in [-0.3, -0.25) is 4.79 Å². The van der Waals surface area contributed by atoms with Crippen LogP contribution in [0.3, 0.4) is 0 Å². The van der Waals surface area contributed by atoms with Gasteiger partial charge in [-0.15, -0.1) is 0 Å². The number of aliphatic hydroxyl groups is 1. The molecule has 0 radical (unpaired) electrons. The Morgan fingerprint density at radius 1 is 1.31 bits per heavy atom. The van der Waals surface area contributed by atoms with Crippen molar-refractivity contribution in [2.75, 3.05) is 26.4 Å². The molecule has 0 aliphatic carbocycles. The van der Waals surface area contributed by atoms with Crippen molar-refractivity contribution in [2.45, 2.75) is 6.92 Å². The van der Waals surface area contributed by atoms with E-state index >= 15 is 0 Å². The molecule has 0 amide bonds. The van der Waals surface area contributed by atoms with Crippen LogP contribution in [-0.4, -0.2) is 37.8 Å². The Morgan fingerprint density at radius 2 is 2.12 bits per heavy atom. The molecule has 0 aliphatic rings. The zero-order valence-electron chi connectivity index (χ0n) is 9.31. The van der Waals surface area contributed by atoms with Gasteiger partial charge in [-0.1, -0.05) is 11.6 Å². The van der Waals surface area contributed by atoms with E-state index < -0.39 is 0 Å². The van der Waals surface area contributed by atoms with Crippen LogP contribution < -0.4 is 4.74 Å². The highest BCUT2D eigenvalue weighted by atomic mass is 16.5. The number of aliphatic hydroxyl groups excluding tert-OH is 1. The first kappa shape index (κ1) is 12.7. The average molecular weight is 224 g/mol. The number of benzene rings is 1. The lowest BCUT2D eigenvalue weighted by Gasteiger charge is -2.09. The second-order valence-electron chi connectivity index (χ2n) is 3.34. The number of hydrogen-bond donors (Lipinski definition) is 1. The zero-order chi connectivity index (χ0) is 11.8. The van der Waals surface area contributed by atoms with Gasteiger partial charge in [0.2, 0.25) is 0 Å². The maximum absolute atomic E-state index is 10.8. The lowest BCUT2D eigenvalue weighted by atomic mass is 10.1. The van der Waals surface area contributed by atoms with Crippen LogP contribution in [0.2, 0.25) is 0 Å². The number of ether oxygens (including phenoxy) is 2. The van der Waals surface area contributed by atoms with Gasteiger partial charge in [-0.25, -0.2) is 0 Å². The van der Waals surface area contributed by atoms with Crippen molar-refractivity contribution in [1.29, 1.82) is 0 Å². The quantitative estimate of drug-likeness (QED) is 0.558. The van der Waals surface area contributed by atoms with Crippen molar-refractivity contribution < 1.29 is 19.4 Å². The summed E-state index contributed by atoms with van der Waals surface area (Å²) in [7, 11) is 0. The average Bonchev–Trinajstić information content (AvgIpc) is 2.30. The molecule has 4 heteroatoms. The Hall–Kier alpha value is -1.39. The lowest BCUT2D eigenvalue weighted by molar-refractivity contribution is 0.0702. The van der Waals surface area contributed by atoms with Gasteiger partial charge in [0.25, 0.3) is 0 Å². The first-order valence-corrected chi connectivity index (χ1v) is 5.15. The normalized spacial score (nSPS) is 10.1. The van der Waals surface area contributed by atoms with Gasteiger partial charge in [-0.2, -0.15) is 0 Å². The molecule has 1 N–H and O–H groups in total. The minimum atomic E-state index is 0.00409. The number of hydrogen-bond acceptors (Lipinski definition) is 4. The van der Waals surface area contributed by atoms with Crippen molar-refractivity contribution in [3.8, 4) is 5.75 Å². The van der Waals surface area contributed by atoms with Crippen molar-refractivity contribution in [2.24, 2.45) is 0 Å². The summed E-state index contributed by atoms with van der Waals surface area (Å²) in [5, 5.41) is 8.48. The molecule has 0 aliphatic heterocycles. The van der Waals surface area contributed by atoms with Crippen LogP contribution in [0.15, 0.2) is 18.2 Å². The Labute approximate surface area is 94.8 Å². The van der Waals surface area contributed by atoms with E-state index in [0.29, 0.717) is 31.1 Å². The topological polar surface area (TPSA) is 55.8 Å². The highest BCUT2D eigenvalue weighted by molar-refractivity contribution is 5.79. The van der Waals surface area contributed by atoms with Gasteiger partial charge >= 0.3 is 0 Å². The molecule has 0 heterocycles. The highest BCUT2D eigenvalue weighted by Gasteiger charge is 2.02. The largest absolute Gasteiger partial charge is 0.490 e. The summed E-state index contributed by atoms with van der Waals surface area (Å²) in [6.07, 6.45) is 0.775. The molecule has 0 atom stereocenters. The van der Waals surface area contributed by atoms with E-state index in [4.69, 9.17) is 14.6 Å². The van der Waals surface area contributed by atoms with Gasteiger partial charge < -0.3 is 14.6 Å². The number of carbonyl (C=O) groups is 1. The Morgan fingerprint density at radius 3 is 2.81 bits per heavy atom. The maximum Gasteiger partial charge on any atom is 0.153 e. The lowest BCUT2D eigenvalue weighted by Crippen LogP contribution is -2.10. The van der Waals surface area contributed by atoms with Crippen LogP contribution in [0.25, 0.3) is 0 Å². The summed E-state index contributed by atoms with van der Waals surface area (Å²) in [4.78, 5) is 10.8.